The van der Waals surface area contributed by atoms with E-state index < -0.39 is 28.0 Å². The number of para-hydroxylation sites is 1. The Kier molecular flexibility index (Phi) is 7.01. The molecule has 4 rings (SSSR count). The Morgan fingerprint density at radius 2 is 1.82 bits per heavy atom. The molecular weight excluding hydrogens is 462 g/mol. The Morgan fingerprint density at radius 1 is 1.09 bits per heavy atom. The van der Waals surface area contributed by atoms with Crippen LogP contribution >= 0.6 is 0 Å². The van der Waals surface area contributed by atoms with Crippen LogP contribution in [0.5, 0.6) is 0 Å². The Balaban J connectivity index is 1.39. The van der Waals surface area contributed by atoms with E-state index in [2.05, 4.69) is 15.5 Å². The lowest BCUT2D eigenvalue weighted by molar-refractivity contribution is -0.123. The normalized spacial score (nSPS) is 15.4. The number of benzene rings is 2. The first-order valence-electron chi connectivity index (χ1n) is 10.5. The highest BCUT2D eigenvalue weighted by molar-refractivity contribution is 7.89. The van der Waals surface area contributed by atoms with Gasteiger partial charge in [-0.15, -0.1) is 5.10 Å². The van der Waals surface area contributed by atoms with Crippen LogP contribution in [0.3, 0.4) is 0 Å². The van der Waals surface area contributed by atoms with Gasteiger partial charge in [0.25, 0.3) is 5.91 Å². The highest BCUT2D eigenvalue weighted by Crippen LogP contribution is 2.21. The highest BCUT2D eigenvalue weighted by atomic mass is 32.2. The second-order valence-electron chi connectivity index (χ2n) is 7.44. The van der Waals surface area contributed by atoms with E-state index in [4.69, 9.17) is 9.47 Å². The van der Waals surface area contributed by atoms with Crippen LogP contribution < -0.4 is 5.32 Å². The molecule has 3 aromatic rings. The minimum atomic E-state index is -3.72. The number of anilines is 1. The van der Waals surface area contributed by atoms with Crippen molar-refractivity contribution in [3.05, 3.63) is 66.5 Å². The number of nitrogens with zero attached hydrogens (tertiary/aromatic N) is 4. The molecule has 2 aromatic carbocycles. The number of aromatic nitrogens is 3. The van der Waals surface area contributed by atoms with Gasteiger partial charge < -0.3 is 14.8 Å². The number of nitrogens with one attached hydrogen (secondary N) is 1. The summed E-state index contributed by atoms with van der Waals surface area (Å²) in [5, 5.41) is 10.7. The molecule has 1 saturated heterocycles. The Morgan fingerprint density at radius 3 is 2.56 bits per heavy atom. The molecule has 11 nitrogen and oxygen atoms in total. The third-order valence-electron chi connectivity index (χ3n) is 5.05. The molecule has 1 aliphatic heterocycles. The zero-order valence-corrected chi connectivity index (χ0v) is 19.1. The largest absolute Gasteiger partial charge is 0.448 e. The van der Waals surface area contributed by atoms with Gasteiger partial charge in [0.05, 0.1) is 30.0 Å². The molecule has 1 amide bonds. The smallest absolute Gasteiger partial charge is 0.361 e. The number of esters is 1. The second kappa shape index (κ2) is 10.1. The van der Waals surface area contributed by atoms with E-state index in [1.54, 1.807) is 18.2 Å². The van der Waals surface area contributed by atoms with Crippen molar-refractivity contribution < 1.29 is 27.5 Å². The third-order valence-corrected chi connectivity index (χ3v) is 6.95. The number of rotatable bonds is 7. The first kappa shape index (κ1) is 23.5. The van der Waals surface area contributed by atoms with Gasteiger partial charge in [-0.2, -0.15) is 14.2 Å². The molecule has 12 heteroatoms. The summed E-state index contributed by atoms with van der Waals surface area (Å²) in [5.41, 5.74) is 0.874. The summed E-state index contributed by atoms with van der Waals surface area (Å²) in [6.45, 7) is 2.60. The minimum Gasteiger partial charge on any atom is -0.448 e. The topological polar surface area (TPSA) is 133 Å². The van der Waals surface area contributed by atoms with Crippen molar-refractivity contribution in [2.24, 2.45) is 0 Å². The Bertz CT molecular complexity index is 1270. The van der Waals surface area contributed by atoms with E-state index in [-0.39, 0.29) is 29.4 Å². The molecule has 0 aliphatic carbocycles. The van der Waals surface area contributed by atoms with Gasteiger partial charge in [0, 0.05) is 18.8 Å². The molecule has 0 unspecified atom stereocenters. The van der Waals surface area contributed by atoms with E-state index in [1.165, 1.54) is 40.4 Å². The number of carbonyl (C=O) groups is 2. The lowest BCUT2D eigenvalue weighted by atomic mass is 10.3. The maximum Gasteiger partial charge on any atom is 0.361 e. The number of amides is 1. The fraction of sp³-hybridized carbons (Fsp3) is 0.273. The summed E-state index contributed by atoms with van der Waals surface area (Å²) in [4.78, 5) is 26.3. The molecule has 1 aromatic heterocycles. The number of carbonyl (C=O) groups excluding carboxylic acids is 2. The molecule has 2 heterocycles. The monoisotopic (exact) mass is 485 g/mol. The molecule has 0 radical (unpaired) electrons. The molecule has 0 bridgehead atoms. The number of hydrogen-bond donors (Lipinski definition) is 1. The molecule has 1 N–H and O–H groups in total. The van der Waals surface area contributed by atoms with Crippen molar-refractivity contribution in [1.29, 1.82) is 0 Å². The average molecular weight is 486 g/mol. The lowest BCUT2D eigenvalue weighted by Crippen LogP contribution is -2.40. The second-order valence-corrected chi connectivity index (χ2v) is 9.37. The summed E-state index contributed by atoms with van der Waals surface area (Å²) in [5.74, 6) is -1.43. The quantitative estimate of drug-likeness (QED) is 0.498. The number of sulfonamides is 1. The van der Waals surface area contributed by atoms with Crippen molar-refractivity contribution in [3.8, 4) is 5.69 Å². The van der Waals surface area contributed by atoms with Crippen LogP contribution in [0.25, 0.3) is 5.69 Å². The molecule has 1 fully saturated rings. The summed E-state index contributed by atoms with van der Waals surface area (Å²) in [6, 6.07) is 14.9. The van der Waals surface area contributed by atoms with Crippen molar-refractivity contribution in [2.75, 3.05) is 31.6 Å². The van der Waals surface area contributed by atoms with Crippen molar-refractivity contribution in [3.63, 3.8) is 0 Å². The molecule has 178 valence electrons. The minimum absolute atomic E-state index is 0.0503. The predicted octanol–water partition coefficient (Wildman–Crippen LogP) is 1.47. The summed E-state index contributed by atoms with van der Waals surface area (Å²) in [7, 11) is -3.72. The molecule has 1 atom stereocenters. The van der Waals surface area contributed by atoms with E-state index in [0.29, 0.717) is 18.9 Å². The summed E-state index contributed by atoms with van der Waals surface area (Å²) >= 11 is 0. The van der Waals surface area contributed by atoms with E-state index in [9.17, 15) is 18.0 Å². The van der Waals surface area contributed by atoms with Gasteiger partial charge >= 0.3 is 5.97 Å². The van der Waals surface area contributed by atoms with Crippen molar-refractivity contribution in [2.45, 2.75) is 17.9 Å². The predicted molar refractivity (Wildman–Crippen MR) is 121 cm³/mol. The molecule has 0 spiro atoms. The standard InChI is InChI=1S/C22H23N5O6S/c1-16(33-22(29)20-15-23-27(25-20)18-7-3-2-4-8-18)21(28)24-17-6-5-9-19(14-17)34(30,31)26-10-12-32-13-11-26/h2-9,14-16H,10-13H2,1H3,(H,24,28)/t16-/m1/s1. The zero-order valence-electron chi connectivity index (χ0n) is 18.3. The van der Waals surface area contributed by atoms with E-state index in [1.807, 2.05) is 18.2 Å². The van der Waals surface area contributed by atoms with Crippen LogP contribution in [0.15, 0.2) is 65.7 Å². The van der Waals surface area contributed by atoms with E-state index in [0.717, 1.165) is 0 Å². The maximum absolute atomic E-state index is 12.8. The summed E-state index contributed by atoms with van der Waals surface area (Å²) in [6.07, 6.45) is 0.0915. The SMILES string of the molecule is C[C@@H](OC(=O)c1cnn(-c2ccccc2)n1)C(=O)Nc1cccc(S(=O)(=O)N2CCOCC2)c1. The van der Waals surface area contributed by atoms with Gasteiger partial charge in [0.1, 0.15) is 0 Å². The Hall–Kier alpha value is -3.61. The lowest BCUT2D eigenvalue weighted by Gasteiger charge is -2.26. The summed E-state index contributed by atoms with van der Waals surface area (Å²) < 4.78 is 37.4. The van der Waals surface area contributed by atoms with Crippen LogP contribution in [-0.4, -0.2) is 72.0 Å². The van der Waals surface area contributed by atoms with Crippen LogP contribution in [0.1, 0.15) is 17.4 Å². The first-order valence-corrected chi connectivity index (χ1v) is 12.0. The molecule has 1 aliphatic rings. The number of hydrogen-bond acceptors (Lipinski definition) is 8. The van der Waals surface area contributed by atoms with Crippen LogP contribution in [-0.2, 0) is 24.3 Å². The van der Waals surface area contributed by atoms with Gasteiger partial charge in [-0.05, 0) is 37.3 Å². The fourth-order valence-corrected chi connectivity index (χ4v) is 4.69. The highest BCUT2D eigenvalue weighted by Gasteiger charge is 2.27. The van der Waals surface area contributed by atoms with Gasteiger partial charge in [-0.25, -0.2) is 13.2 Å². The van der Waals surface area contributed by atoms with Gasteiger partial charge in [0.2, 0.25) is 10.0 Å². The number of ether oxygens (including phenoxy) is 2. The average Bonchev–Trinajstić information content (AvgIpc) is 3.36. The van der Waals surface area contributed by atoms with Gasteiger partial charge in [-0.1, -0.05) is 24.3 Å². The van der Waals surface area contributed by atoms with Crippen LogP contribution in [0, 0.1) is 0 Å². The maximum atomic E-state index is 12.8. The Labute approximate surface area is 196 Å². The fourth-order valence-electron chi connectivity index (χ4n) is 3.23. The van der Waals surface area contributed by atoms with E-state index >= 15 is 0 Å². The molecule has 34 heavy (non-hydrogen) atoms. The van der Waals surface area contributed by atoms with Crippen LogP contribution in [0.4, 0.5) is 5.69 Å². The molecular formula is C22H23N5O6S. The van der Waals surface area contributed by atoms with Gasteiger partial charge in [-0.3, -0.25) is 4.79 Å². The number of morpholine rings is 1. The third kappa shape index (κ3) is 5.30. The van der Waals surface area contributed by atoms with Crippen molar-refractivity contribution >= 4 is 27.6 Å². The molecule has 0 saturated carbocycles. The van der Waals surface area contributed by atoms with Crippen LogP contribution in [0.2, 0.25) is 0 Å². The van der Waals surface area contributed by atoms with Gasteiger partial charge in [0.15, 0.2) is 11.8 Å². The van der Waals surface area contributed by atoms with Crippen molar-refractivity contribution in [1.82, 2.24) is 19.3 Å². The first-order chi connectivity index (χ1) is 16.3. The zero-order chi connectivity index (χ0) is 24.1.